The predicted molar refractivity (Wildman–Crippen MR) is 112 cm³/mol. The summed E-state index contributed by atoms with van der Waals surface area (Å²) in [6.07, 6.45) is -2.99. The molecule has 0 aliphatic heterocycles. The van der Waals surface area contributed by atoms with Crippen LogP contribution in [0.15, 0.2) is 58.7 Å². The molecule has 154 valence electrons. The lowest BCUT2D eigenvalue weighted by Gasteiger charge is -2.09. The molecule has 4 aromatic rings. The standard InChI is InChI=1S/C20H15ClF3N5S/c1-12-15(11-25-26-19-28(2)16-8-3-4-9-17(16)30-19)18(21)29(27-12)14-7-5-6-13(10-14)20(22,23)24/h3-11H,1-2H3/b25-11+,26-19-. The Morgan fingerprint density at radius 2 is 1.90 bits per heavy atom. The van der Waals surface area contributed by atoms with E-state index in [9.17, 15) is 13.2 Å². The van der Waals surface area contributed by atoms with E-state index in [1.165, 1.54) is 34.4 Å². The average Bonchev–Trinajstić information content (AvgIpc) is 3.18. The number of halogens is 4. The molecule has 0 N–H and O–H groups in total. The molecule has 0 unspecified atom stereocenters. The molecule has 0 radical (unpaired) electrons. The highest BCUT2D eigenvalue weighted by Crippen LogP contribution is 2.31. The Labute approximate surface area is 178 Å². The van der Waals surface area contributed by atoms with Crippen LogP contribution in [0.1, 0.15) is 16.8 Å². The zero-order chi connectivity index (χ0) is 21.5. The van der Waals surface area contributed by atoms with E-state index >= 15 is 0 Å². The van der Waals surface area contributed by atoms with E-state index in [4.69, 9.17) is 11.6 Å². The van der Waals surface area contributed by atoms with E-state index in [1.807, 2.05) is 35.9 Å². The topological polar surface area (TPSA) is 47.5 Å². The summed E-state index contributed by atoms with van der Waals surface area (Å²) in [6.45, 7) is 1.71. The summed E-state index contributed by atoms with van der Waals surface area (Å²) in [5.74, 6) is 0. The van der Waals surface area contributed by atoms with E-state index in [2.05, 4.69) is 15.3 Å². The summed E-state index contributed by atoms with van der Waals surface area (Å²) in [5, 5.41) is 12.8. The van der Waals surface area contributed by atoms with Crippen molar-refractivity contribution in [1.82, 2.24) is 14.3 Å². The van der Waals surface area contributed by atoms with E-state index in [-0.39, 0.29) is 10.8 Å². The fourth-order valence-corrected chi connectivity index (χ4v) is 4.25. The van der Waals surface area contributed by atoms with Gasteiger partial charge >= 0.3 is 6.18 Å². The van der Waals surface area contributed by atoms with Crippen molar-refractivity contribution in [2.45, 2.75) is 13.1 Å². The quantitative estimate of drug-likeness (QED) is 0.307. The summed E-state index contributed by atoms with van der Waals surface area (Å²) in [5.41, 5.74) is 1.50. The van der Waals surface area contributed by atoms with Gasteiger partial charge in [0.2, 0.25) is 4.80 Å². The van der Waals surface area contributed by atoms with Crippen molar-refractivity contribution in [3.63, 3.8) is 0 Å². The molecular formula is C20H15ClF3N5S. The van der Waals surface area contributed by atoms with Gasteiger partial charge in [0.1, 0.15) is 5.15 Å². The van der Waals surface area contributed by atoms with Crippen molar-refractivity contribution >= 4 is 39.4 Å². The number of fused-ring (bicyclic) bond motifs is 1. The molecule has 30 heavy (non-hydrogen) atoms. The van der Waals surface area contributed by atoms with Gasteiger partial charge in [-0.3, -0.25) is 0 Å². The fourth-order valence-electron chi connectivity index (χ4n) is 2.96. The molecule has 2 aromatic heterocycles. The lowest BCUT2D eigenvalue weighted by molar-refractivity contribution is -0.137. The second kappa shape index (κ2) is 7.73. The molecule has 0 atom stereocenters. The second-order valence-electron chi connectivity index (χ2n) is 6.51. The summed E-state index contributed by atoms with van der Waals surface area (Å²) >= 11 is 7.89. The van der Waals surface area contributed by atoms with Gasteiger partial charge in [-0.25, -0.2) is 4.68 Å². The predicted octanol–water partition coefficient (Wildman–Crippen LogP) is 5.34. The first-order valence-corrected chi connectivity index (χ1v) is 9.99. The Kier molecular flexibility index (Phi) is 5.25. The molecule has 0 bridgehead atoms. The van der Waals surface area contributed by atoms with E-state index < -0.39 is 11.7 Å². The number of hydrogen-bond acceptors (Lipinski definition) is 4. The maximum atomic E-state index is 13.0. The van der Waals surface area contributed by atoms with E-state index in [0.717, 1.165) is 22.3 Å². The van der Waals surface area contributed by atoms with Gasteiger partial charge in [0.25, 0.3) is 0 Å². The van der Waals surface area contributed by atoms with Gasteiger partial charge in [0.05, 0.1) is 38.9 Å². The minimum Gasteiger partial charge on any atom is -0.318 e. The highest BCUT2D eigenvalue weighted by Gasteiger charge is 2.30. The lowest BCUT2D eigenvalue weighted by Crippen LogP contribution is -2.08. The highest BCUT2D eigenvalue weighted by molar-refractivity contribution is 7.16. The van der Waals surface area contributed by atoms with Crippen molar-refractivity contribution < 1.29 is 13.2 Å². The Morgan fingerprint density at radius 3 is 2.63 bits per heavy atom. The SMILES string of the molecule is Cc1nn(-c2cccc(C(F)(F)F)c2)c(Cl)c1/C=N/N=c1\sc2ccccc2n1C. The molecule has 10 heteroatoms. The number of aryl methyl sites for hydroxylation is 2. The largest absolute Gasteiger partial charge is 0.416 e. The molecular weight excluding hydrogens is 435 g/mol. The average molecular weight is 450 g/mol. The maximum absolute atomic E-state index is 13.0. The first-order chi connectivity index (χ1) is 14.3. The van der Waals surface area contributed by atoms with Crippen LogP contribution in [0.25, 0.3) is 15.9 Å². The summed E-state index contributed by atoms with van der Waals surface area (Å²) in [4.78, 5) is 0.700. The number of aromatic nitrogens is 3. The molecule has 0 aliphatic rings. The van der Waals surface area contributed by atoms with Crippen LogP contribution < -0.4 is 4.80 Å². The van der Waals surface area contributed by atoms with Gasteiger partial charge < -0.3 is 4.57 Å². The van der Waals surface area contributed by atoms with Crippen LogP contribution in [-0.4, -0.2) is 20.6 Å². The van der Waals surface area contributed by atoms with Crippen LogP contribution in [0, 0.1) is 6.92 Å². The van der Waals surface area contributed by atoms with Gasteiger partial charge in [0, 0.05) is 7.05 Å². The molecule has 2 aromatic carbocycles. The van der Waals surface area contributed by atoms with Crippen LogP contribution in [-0.2, 0) is 13.2 Å². The zero-order valence-electron chi connectivity index (χ0n) is 15.9. The van der Waals surface area contributed by atoms with Gasteiger partial charge in [-0.1, -0.05) is 41.1 Å². The third kappa shape index (κ3) is 3.78. The second-order valence-corrected chi connectivity index (χ2v) is 7.87. The first-order valence-electron chi connectivity index (χ1n) is 8.80. The Bertz CT molecular complexity index is 1330. The van der Waals surface area contributed by atoms with Crippen molar-refractivity contribution in [3.8, 4) is 5.69 Å². The van der Waals surface area contributed by atoms with E-state index in [1.54, 1.807) is 6.92 Å². The van der Waals surface area contributed by atoms with Crippen LogP contribution in [0.5, 0.6) is 0 Å². The normalized spacial score (nSPS) is 13.1. The third-order valence-electron chi connectivity index (χ3n) is 4.51. The number of rotatable bonds is 3. The van der Waals surface area contributed by atoms with E-state index in [0.29, 0.717) is 16.1 Å². The minimum atomic E-state index is -4.45. The van der Waals surface area contributed by atoms with Crippen molar-refractivity contribution in [2.24, 2.45) is 17.3 Å². The molecule has 0 saturated carbocycles. The number of benzene rings is 2. The highest BCUT2D eigenvalue weighted by atomic mass is 35.5. The van der Waals surface area contributed by atoms with Gasteiger partial charge in [-0.15, -0.1) is 5.10 Å². The molecule has 2 heterocycles. The Morgan fingerprint density at radius 1 is 1.13 bits per heavy atom. The fraction of sp³-hybridized carbons (Fsp3) is 0.150. The molecule has 5 nitrogen and oxygen atoms in total. The lowest BCUT2D eigenvalue weighted by atomic mass is 10.2. The first kappa shape index (κ1) is 20.4. The molecule has 4 rings (SSSR count). The van der Waals surface area contributed by atoms with Gasteiger partial charge in [0.15, 0.2) is 0 Å². The van der Waals surface area contributed by atoms with Gasteiger partial charge in [-0.05, 0) is 37.3 Å². The van der Waals surface area contributed by atoms with Crippen molar-refractivity contribution in [2.75, 3.05) is 0 Å². The monoisotopic (exact) mass is 449 g/mol. The number of thiazole rings is 1. The molecule has 0 spiro atoms. The number of alkyl halides is 3. The Balaban J connectivity index is 1.70. The van der Waals surface area contributed by atoms with Crippen LogP contribution in [0.2, 0.25) is 5.15 Å². The molecule has 0 aliphatic carbocycles. The van der Waals surface area contributed by atoms with Crippen LogP contribution in [0.4, 0.5) is 13.2 Å². The summed E-state index contributed by atoms with van der Waals surface area (Å²) in [7, 11) is 1.90. The molecule has 0 fully saturated rings. The molecule has 0 amide bonds. The smallest absolute Gasteiger partial charge is 0.318 e. The third-order valence-corrected chi connectivity index (χ3v) is 5.98. The minimum absolute atomic E-state index is 0.159. The summed E-state index contributed by atoms with van der Waals surface area (Å²) in [6, 6.07) is 12.7. The number of para-hydroxylation sites is 1. The van der Waals surface area contributed by atoms with Gasteiger partial charge in [-0.2, -0.15) is 23.4 Å². The maximum Gasteiger partial charge on any atom is 0.416 e. The number of hydrogen-bond donors (Lipinski definition) is 0. The van der Waals surface area contributed by atoms with Crippen molar-refractivity contribution in [3.05, 3.63) is 75.3 Å². The Hall–Kier alpha value is -2.91. The molecule has 0 saturated heterocycles. The number of nitrogens with zero attached hydrogens (tertiary/aromatic N) is 5. The van der Waals surface area contributed by atoms with Crippen LogP contribution >= 0.6 is 22.9 Å². The summed E-state index contributed by atoms with van der Waals surface area (Å²) < 4.78 is 43.3. The van der Waals surface area contributed by atoms with Crippen LogP contribution in [0.3, 0.4) is 0 Å². The van der Waals surface area contributed by atoms with Crippen molar-refractivity contribution in [1.29, 1.82) is 0 Å². The zero-order valence-corrected chi connectivity index (χ0v) is 17.4.